The first-order valence-electron chi connectivity index (χ1n) is 5.42. The molecule has 0 aromatic heterocycles. The van der Waals surface area contributed by atoms with Crippen LogP contribution in [-0.2, 0) is 6.42 Å². The lowest BCUT2D eigenvalue weighted by molar-refractivity contribution is 0.386. The van der Waals surface area contributed by atoms with Gasteiger partial charge in [-0.3, -0.25) is 4.99 Å². The van der Waals surface area contributed by atoms with Crippen molar-refractivity contribution in [1.82, 2.24) is 10.6 Å². The summed E-state index contributed by atoms with van der Waals surface area (Å²) in [5.74, 6) is 0.676. The maximum absolute atomic E-state index is 13.2. The normalized spacial score (nSPS) is 11.2. The third kappa shape index (κ3) is 3.94. The predicted molar refractivity (Wildman–Crippen MR) is 67.1 cm³/mol. The highest BCUT2D eigenvalue weighted by molar-refractivity contribution is 5.79. The Morgan fingerprint density at radius 3 is 2.82 bits per heavy atom. The van der Waals surface area contributed by atoms with E-state index in [1.165, 1.54) is 13.2 Å². The topological polar surface area (TPSA) is 45.7 Å². The predicted octanol–water partition coefficient (Wildman–Crippen LogP) is 1.17. The molecule has 0 aliphatic carbocycles. The number of halogens is 1. The fourth-order valence-electron chi connectivity index (χ4n) is 1.46. The average molecular weight is 239 g/mol. The fourth-order valence-corrected chi connectivity index (χ4v) is 1.46. The Kier molecular flexibility index (Phi) is 5.26. The first kappa shape index (κ1) is 13.3. The summed E-state index contributed by atoms with van der Waals surface area (Å²) < 4.78 is 18.1. The number of benzene rings is 1. The van der Waals surface area contributed by atoms with Gasteiger partial charge in [-0.15, -0.1) is 0 Å². The van der Waals surface area contributed by atoms with Gasteiger partial charge < -0.3 is 15.4 Å². The molecule has 0 bridgehead atoms. The molecular weight excluding hydrogens is 221 g/mol. The molecule has 0 aliphatic rings. The first-order chi connectivity index (χ1) is 8.21. The van der Waals surface area contributed by atoms with Crippen molar-refractivity contribution in [3.63, 3.8) is 0 Å². The van der Waals surface area contributed by atoms with E-state index in [1.807, 2.05) is 0 Å². The van der Waals surface area contributed by atoms with Crippen LogP contribution in [0.15, 0.2) is 23.2 Å². The number of nitrogens with zero attached hydrogens (tertiary/aromatic N) is 1. The van der Waals surface area contributed by atoms with E-state index >= 15 is 0 Å². The molecule has 0 heterocycles. The van der Waals surface area contributed by atoms with E-state index in [9.17, 15) is 4.39 Å². The lowest BCUT2D eigenvalue weighted by Gasteiger charge is -2.09. The highest BCUT2D eigenvalue weighted by atomic mass is 19.1. The highest BCUT2D eigenvalue weighted by Gasteiger charge is 2.03. The van der Waals surface area contributed by atoms with Crippen LogP contribution in [0.5, 0.6) is 5.75 Å². The zero-order valence-corrected chi connectivity index (χ0v) is 10.4. The number of nitrogens with one attached hydrogen (secondary N) is 2. The molecule has 94 valence electrons. The molecule has 17 heavy (non-hydrogen) atoms. The number of rotatable bonds is 4. The number of hydrogen-bond donors (Lipinski definition) is 2. The molecule has 0 unspecified atom stereocenters. The van der Waals surface area contributed by atoms with Crippen LogP contribution in [0.1, 0.15) is 5.56 Å². The van der Waals surface area contributed by atoms with E-state index in [1.54, 1.807) is 26.2 Å². The van der Waals surface area contributed by atoms with Gasteiger partial charge in [0.25, 0.3) is 0 Å². The minimum absolute atomic E-state index is 0.278. The zero-order chi connectivity index (χ0) is 12.7. The summed E-state index contributed by atoms with van der Waals surface area (Å²) in [6.07, 6.45) is 0.775. The zero-order valence-electron chi connectivity index (χ0n) is 10.4. The summed E-state index contributed by atoms with van der Waals surface area (Å²) in [6.45, 7) is 0.725. The van der Waals surface area contributed by atoms with Crippen molar-refractivity contribution in [1.29, 1.82) is 0 Å². The summed E-state index contributed by atoms with van der Waals surface area (Å²) in [6, 6.07) is 4.88. The molecule has 0 fully saturated rings. The summed E-state index contributed by atoms with van der Waals surface area (Å²) in [5, 5.41) is 6.05. The molecule has 0 amide bonds. The molecule has 0 aliphatic heterocycles. The van der Waals surface area contributed by atoms with Gasteiger partial charge in [0.1, 0.15) is 0 Å². The van der Waals surface area contributed by atoms with Crippen LogP contribution in [-0.4, -0.2) is 33.7 Å². The second-order valence-electron chi connectivity index (χ2n) is 3.47. The van der Waals surface area contributed by atoms with Crippen molar-refractivity contribution in [2.45, 2.75) is 6.42 Å². The van der Waals surface area contributed by atoms with Crippen molar-refractivity contribution in [2.75, 3.05) is 27.7 Å². The molecule has 4 nitrogen and oxygen atoms in total. The minimum Gasteiger partial charge on any atom is -0.494 e. The highest BCUT2D eigenvalue weighted by Crippen LogP contribution is 2.18. The second-order valence-corrected chi connectivity index (χ2v) is 3.47. The van der Waals surface area contributed by atoms with Gasteiger partial charge >= 0.3 is 0 Å². The quantitative estimate of drug-likeness (QED) is 0.612. The Hall–Kier alpha value is -1.78. The van der Waals surface area contributed by atoms with Gasteiger partial charge in [0, 0.05) is 20.6 Å². The molecule has 0 atom stereocenters. The number of guanidine groups is 1. The van der Waals surface area contributed by atoms with Gasteiger partial charge in [-0.2, -0.15) is 0 Å². The monoisotopic (exact) mass is 239 g/mol. The van der Waals surface area contributed by atoms with Crippen LogP contribution < -0.4 is 15.4 Å². The van der Waals surface area contributed by atoms with Crippen molar-refractivity contribution < 1.29 is 9.13 Å². The van der Waals surface area contributed by atoms with Crippen molar-refractivity contribution >= 4 is 5.96 Å². The lowest BCUT2D eigenvalue weighted by Crippen LogP contribution is -2.35. The van der Waals surface area contributed by atoms with Crippen LogP contribution in [0.4, 0.5) is 4.39 Å². The fraction of sp³-hybridized carbons (Fsp3) is 0.417. The summed E-state index contributed by atoms with van der Waals surface area (Å²) >= 11 is 0. The van der Waals surface area contributed by atoms with E-state index in [4.69, 9.17) is 4.74 Å². The lowest BCUT2D eigenvalue weighted by atomic mass is 10.1. The number of ether oxygens (including phenoxy) is 1. The molecule has 1 aromatic rings. The van der Waals surface area contributed by atoms with E-state index in [0.29, 0.717) is 0 Å². The average Bonchev–Trinajstić information content (AvgIpc) is 2.36. The van der Waals surface area contributed by atoms with Crippen LogP contribution in [0.3, 0.4) is 0 Å². The largest absolute Gasteiger partial charge is 0.494 e. The van der Waals surface area contributed by atoms with Crippen molar-refractivity contribution in [3.8, 4) is 5.75 Å². The van der Waals surface area contributed by atoms with Crippen LogP contribution in [0.2, 0.25) is 0 Å². The molecule has 0 spiro atoms. The number of aliphatic imine (C=N–C) groups is 1. The number of methoxy groups -OCH3 is 1. The smallest absolute Gasteiger partial charge is 0.190 e. The third-order valence-electron chi connectivity index (χ3n) is 2.38. The number of hydrogen-bond acceptors (Lipinski definition) is 2. The Labute approximate surface area is 101 Å². The molecule has 2 N–H and O–H groups in total. The standard InChI is InChI=1S/C12H18FN3O/c1-14-12(15-2)16-7-6-9-4-5-10(13)11(8-9)17-3/h4-5,8H,6-7H2,1-3H3,(H2,14,15,16). The van der Waals surface area contributed by atoms with E-state index in [-0.39, 0.29) is 11.6 Å². The van der Waals surface area contributed by atoms with Gasteiger partial charge in [-0.1, -0.05) is 6.07 Å². The molecular formula is C12H18FN3O. The molecule has 0 saturated carbocycles. The summed E-state index contributed by atoms with van der Waals surface area (Å²) in [7, 11) is 4.97. The molecule has 1 rings (SSSR count). The van der Waals surface area contributed by atoms with Crippen molar-refractivity contribution in [2.24, 2.45) is 4.99 Å². The molecule has 0 saturated heterocycles. The van der Waals surface area contributed by atoms with Crippen LogP contribution in [0.25, 0.3) is 0 Å². The Morgan fingerprint density at radius 2 is 2.24 bits per heavy atom. The maximum Gasteiger partial charge on any atom is 0.190 e. The second kappa shape index (κ2) is 6.73. The van der Waals surface area contributed by atoms with E-state index < -0.39 is 0 Å². The van der Waals surface area contributed by atoms with Gasteiger partial charge in [-0.25, -0.2) is 4.39 Å². The van der Waals surface area contributed by atoms with Gasteiger partial charge in [0.15, 0.2) is 17.5 Å². The van der Waals surface area contributed by atoms with E-state index in [2.05, 4.69) is 15.6 Å². The van der Waals surface area contributed by atoms with Crippen LogP contribution >= 0.6 is 0 Å². The van der Waals surface area contributed by atoms with Gasteiger partial charge in [-0.05, 0) is 24.1 Å². The molecule has 0 radical (unpaired) electrons. The SMILES string of the molecule is CN=C(NC)NCCc1ccc(F)c(OC)c1. The van der Waals surface area contributed by atoms with Gasteiger partial charge in [0.2, 0.25) is 0 Å². The summed E-state index contributed by atoms with van der Waals surface area (Å²) in [4.78, 5) is 4.00. The Balaban J connectivity index is 2.52. The third-order valence-corrected chi connectivity index (χ3v) is 2.38. The minimum atomic E-state index is -0.338. The molecule has 1 aromatic carbocycles. The summed E-state index contributed by atoms with van der Waals surface area (Å²) in [5.41, 5.74) is 1.02. The molecule has 5 heteroatoms. The van der Waals surface area contributed by atoms with Crippen molar-refractivity contribution in [3.05, 3.63) is 29.6 Å². The van der Waals surface area contributed by atoms with E-state index in [0.717, 1.165) is 24.5 Å². The Bertz CT molecular complexity index is 393. The first-order valence-corrected chi connectivity index (χ1v) is 5.42. The van der Waals surface area contributed by atoms with Crippen LogP contribution in [0, 0.1) is 5.82 Å². The Morgan fingerprint density at radius 1 is 1.47 bits per heavy atom. The maximum atomic E-state index is 13.2. The van der Waals surface area contributed by atoms with Gasteiger partial charge in [0.05, 0.1) is 7.11 Å².